The highest BCUT2D eigenvalue weighted by atomic mass is 35.5. The van der Waals surface area contributed by atoms with Crippen LogP contribution in [0.15, 0.2) is 47.7 Å². The number of aryl methyl sites for hydroxylation is 1. The second kappa shape index (κ2) is 8.48. The SMILES string of the molecule is Cc1nc2c(-c3ccc(Cl)cc3)nc([C@H]3CCO[C@H](c4cnn(C5CC5)c4)C3)cn2c(=O)c1Cl. The lowest BCUT2D eigenvalue weighted by Crippen LogP contribution is -2.23. The molecule has 2 fully saturated rings. The van der Waals surface area contributed by atoms with E-state index in [0.29, 0.717) is 34.7 Å². The van der Waals surface area contributed by atoms with Crippen LogP contribution >= 0.6 is 23.2 Å². The van der Waals surface area contributed by atoms with Gasteiger partial charge in [0.2, 0.25) is 0 Å². The lowest BCUT2D eigenvalue weighted by molar-refractivity contribution is 0.00454. The molecule has 1 aromatic carbocycles. The summed E-state index contributed by atoms with van der Waals surface area (Å²) in [6, 6.07) is 7.94. The van der Waals surface area contributed by atoms with Crippen LogP contribution in [0.25, 0.3) is 16.9 Å². The van der Waals surface area contributed by atoms with Crippen LogP contribution in [0.1, 0.15) is 60.7 Å². The van der Waals surface area contributed by atoms with Crippen molar-refractivity contribution in [2.24, 2.45) is 0 Å². The number of hydrogen-bond acceptors (Lipinski definition) is 5. The predicted octanol–water partition coefficient (Wildman–Crippen LogP) is 5.54. The van der Waals surface area contributed by atoms with E-state index in [1.807, 2.05) is 35.1 Å². The molecule has 34 heavy (non-hydrogen) atoms. The Morgan fingerprint density at radius 1 is 1.06 bits per heavy atom. The molecule has 0 unspecified atom stereocenters. The molecule has 1 saturated heterocycles. The molecule has 1 aliphatic carbocycles. The summed E-state index contributed by atoms with van der Waals surface area (Å²) < 4.78 is 9.68. The van der Waals surface area contributed by atoms with Crippen LogP contribution in [0.3, 0.4) is 0 Å². The summed E-state index contributed by atoms with van der Waals surface area (Å²) in [7, 11) is 0. The zero-order chi connectivity index (χ0) is 23.4. The lowest BCUT2D eigenvalue weighted by Gasteiger charge is -2.29. The van der Waals surface area contributed by atoms with Crippen LogP contribution < -0.4 is 5.56 Å². The smallest absolute Gasteiger partial charge is 0.277 e. The van der Waals surface area contributed by atoms with E-state index < -0.39 is 0 Å². The molecular weight excluding hydrogens is 473 g/mol. The molecule has 0 bridgehead atoms. The second-order valence-corrected chi connectivity index (χ2v) is 9.91. The summed E-state index contributed by atoms with van der Waals surface area (Å²) in [5.41, 5.74) is 4.05. The fourth-order valence-corrected chi connectivity index (χ4v) is 4.86. The number of benzene rings is 1. The molecule has 3 aromatic heterocycles. The maximum absolute atomic E-state index is 13.1. The summed E-state index contributed by atoms with van der Waals surface area (Å²) in [5.74, 6) is 0.116. The molecule has 2 aliphatic rings. The number of nitrogens with zero attached hydrogens (tertiary/aromatic N) is 5. The fraction of sp³-hybridized carbons (Fsp3) is 0.360. The number of ether oxygens (including phenoxy) is 1. The van der Waals surface area contributed by atoms with E-state index >= 15 is 0 Å². The molecule has 0 spiro atoms. The maximum Gasteiger partial charge on any atom is 0.277 e. The molecule has 4 aromatic rings. The molecule has 6 rings (SSSR count). The summed E-state index contributed by atoms with van der Waals surface area (Å²) in [5, 5.41) is 5.28. The second-order valence-electron chi connectivity index (χ2n) is 9.10. The lowest BCUT2D eigenvalue weighted by atomic mass is 9.90. The van der Waals surface area contributed by atoms with Gasteiger partial charge in [-0.1, -0.05) is 35.3 Å². The summed E-state index contributed by atoms with van der Waals surface area (Å²) >= 11 is 12.4. The van der Waals surface area contributed by atoms with Crippen LogP contribution in [0, 0.1) is 6.92 Å². The van der Waals surface area contributed by atoms with Crippen molar-refractivity contribution in [1.29, 1.82) is 0 Å². The molecule has 0 radical (unpaired) electrons. The number of halogens is 2. The third-order valence-corrected chi connectivity index (χ3v) is 7.36. The van der Waals surface area contributed by atoms with Gasteiger partial charge in [-0.05, 0) is 44.7 Å². The van der Waals surface area contributed by atoms with Gasteiger partial charge in [-0.3, -0.25) is 13.9 Å². The van der Waals surface area contributed by atoms with Crippen LogP contribution in [-0.4, -0.2) is 30.8 Å². The van der Waals surface area contributed by atoms with Crippen molar-refractivity contribution in [3.63, 3.8) is 0 Å². The number of aromatic nitrogens is 5. The zero-order valence-electron chi connectivity index (χ0n) is 18.6. The highest BCUT2D eigenvalue weighted by molar-refractivity contribution is 6.31. The van der Waals surface area contributed by atoms with Crippen molar-refractivity contribution >= 4 is 28.8 Å². The molecule has 1 aliphatic heterocycles. The Hall–Kier alpha value is -2.74. The monoisotopic (exact) mass is 495 g/mol. The van der Waals surface area contributed by atoms with Gasteiger partial charge in [0.15, 0.2) is 5.65 Å². The number of fused-ring (bicyclic) bond motifs is 1. The van der Waals surface area contributed by atoms with E-state index in [1.165, 1.54) is 17.2 Å². The first kappa shape index (κ1) is 21.8. The van der Waals surface area contributed by atoms with Crippen molar-refractivity contribution < 1.29 is 4.74 Å². The third-order valence-electron chi connectivity index (χ3n) is 6.67. The van der Waals surface area contributed by atoms with E-state index in [1.54, 1.807) is 13.1 Å². The Morgan fingerprint density at radius 2 is 1.85 bits per heavy atom. The zero-order valence-corrected chi connectivity index (χ0v) is 20.1. The van der Waals surface area contributed by atoms with Crippen LogP contribution in [0.2, 0.25) is 10.0 Å². The largest absolute Gasteiger partial charge is 0.373 e. The van der Waals surface area contributed by atoms with Gasteiger partial charge in [-0.25, -0.2) is 9.97 Å². The highest BCUT2D eigenvalue weighted by Crippen LogP contribution is 2.39. The first-order valence-electron chi connectivity index (χ1n) is 11.5. The quantitative estimate of drug-likeness (QED) is 0.371. The molecule has 4 heterocycles. The van der Waals surface area contributed by atoms with Gasteiger partial charge in [0, 0.05) is 41.1 Å². The summed E-state index contributed by atoms with van der Waals surface area (Å²) in [4.78, 5) is 22.7. The normalized spacial score (nSPS) is 20.7. The van der Waals surface area contributed by atoms with Crippen LogP contribution in [-0.2, 0) is 4.74 Å². The van der Waals surface area contributed by atoms with Gasteiger partial charge in [-0.2, -0.15) is 5.10 Å². The summed E-state index contributed by atoms with van der Waals surface area (Å²) in [6.07, 6.45) is 9.70. The van der Waals surface area contributed by atoms with E-state index in [4.69, 9.17) is 32.9 Å². The average Bonchev–Trinajstić information content (AvgIpc) is 3.59. The minimum Gasteiger partial charge on any atom is -0.373 e. The molecule has 0 amide bonds. The molecule has 9 heteroatoms. The Kier molecular flexibility index (Phi) is 5.43. The summed E-state index contributed by atoms with van der Waals surface area (Å²) in [6.45, 7) is 2.34. The minimum atomic E-state index is -0.294. The van der Waals surface area contributed by atoms with Crippen molar-refractivity contribution in [3.8, 4) is 11.3 Å². The van der Waals surface area contributed by atoms with Crippen LogP contribution in [0.4, 0.5) is 0 Å². The van der Waals surface area contributed by atoms with E-state index in [-0.39, 0.29) is 22.6 Å². The van der Waals surface area contributed by atoms with Gasteiger partial charge >= 0.3 is 0 Å². The minimum absolute atomic E-state index is 0.0563. The van der Waals surface area contributed by atoms with Gasteiger partial charge < -0.3 is 4.74 Å². The molecular formula is C25H23Cl2N5O2. The molecule has 1 saturated carbocycles. The van der Waals surface area contributed by atoms with Crippen molar-refractivity contribution in [3.05, 3.63) is 80.2 Å². The van der Waals surface area contributed by atoms with Gasteiger partial charge in [0.05, 0.1) is 29.7 Å². The highest BCUT2D eigenvalue weighted by Gasteiger charge is 2.30. The van der Waals surface area contributed by atoms with Gasteiger partial charge in [-0.15, -0.1) is 0 Å². The molecule has 2 atom stereocenters. The van der Waals surface area contributed by atoms with E-state index in [9.17, 15) is 4.79 Å². The first-order valence-corrected chi connectivity index (χ1v) is 12.2. The third kappa shape index (κ3) is 3.91. The topological polar surface area (TPSA) is 74.3 Å². The van der Waals surface area contributed by atoms with Crippen molar-refractivity contribution in [2.75, 3.05) is 6.61 Å². The molecule has 174 valence electrons. The van der Waals surface area contributed by atoms with Gasteiger partial charge in [0.1, 0.15) is 10.7 Å². The Bertz CT molecular complexity index is 1440. The van der Waals surface area contributed by atoms with Crippen molar-refractivity contribution in [2.45, 2.75) is 50.7 Å². The maximum atomic E-state index is 13.1. The predicted molar refractivity (Wildman–Crippen MR) is 131 cm³/mol. The van der Waals surface area contributed by atoms with Gasteiger partial charge in [0.25, 0.3) is 5.56 Å². The average molecular weight is 496 g/mol. The van der Waals surface area contributed by atoms with Crippen molar-refractivity contribution in [1.82, 2.24) is 24.1 Å². The fourth-order valence-electron chi connectivity index (χ4n) is 4.60. The molecule has 0 N–H and O–H groups in total. The number of hydrogen-bond donors (Lipinski definition) is 0. The van der Waals surface area contributed by atoms with E-state index in [2.05, 4.69) is 16.3 Å². The van der Waals surface area contributed by atoms with E-state index in [0.717, 1.165) is 29.7 Å². The molecule has 7 nitrogen and oxygen atoms in total. The first-order chi connectivity index (χ1) is 16.5. The Morgan fingerprint density at radius 3 is 2.62 bits per heavy atom. The Balaban J connectivity index is 1.43. The van der Waals surface area contributed by atoms with Crippen LogP contribution in [0.5, 0.6) is 0 Å². The Labute approximate surface area is 206 Å². The number of rotatable bonds is 4. The standard InChI is InChI=1S/C25H23Cl2N5O2/c1-14-22(27)25(33)31-13-20(30-23(24(31)29-14)15-2-4-18(26)5-3-15)16-8-9-34-21(10-16)17-11-28-32(12-17)19-6-7-19/h2-5,11-13,16,19,21H,6-10H2,1H3/t16-,21-/m0/s1.